The molecule has 2 aromatic carbocycles. The highest BCUT2D eigenvalue weighted by Crippen LogP contribution is 2.29. The number of hydrogen-bond acceptors (Lipinski definition) is 5. The van der Waals surface area contributed by atoms with Crippen LogP contribution in [-0.4, -0.2) is 28.2 Å². The zero-order valence-corrected chi connectivity index (χ0v) is 16.4. The van der Waals surface area contributed by atoms with E-state index in [0.29, 0.717) is 5.56 Å². The first-order chi connectivity index (χ1) is 14.3. The summed E-state index contributed by atoms with van der Waals surface area (Å²) in [5.74, 6) is 1.03. The van der Waals surface area contributed by atoms with Crippen molar-refractivity contribution in [3.63, 3.8) is 0 Å². The van der Waals surface area contributed by atoms with Gasteiger partial charge in [-0.05, 0) is 66.5 Å². The van der Waals surface area contributed by atoms with Crippen LogP contribution in [-0.2, 0) is 0 Å². The number of pyridine rings is 2. The van der Waals surface area contributed by atoms with E-state index < -0.39 is 0 Å². The van der Waals surface area contributed by atoms with Crippen LogP contribution in [0.2, 0.25) is 0 Å². The number of benzene rings is 2. The normalized spacial score (nSPS) is 13.2. The number of carbonyl (C=O) groups excluding carboxylic acids is 1. The van der Waals surface area contributed by atoms with Crippen LogP contribution >= 0.6 is 11.9 Å². The van der Waals surface area contributed by atoms with E-state index in [2.05, 4.69) is 14.6 Å². The molecule has 0 unspecified atom stereocenters. The van der Waals surface area contributed by atoms with Crippen LogP contribution in [0.1, 0.15) is 10.4 Å². The van der Waals surface area contributed by atoms with Gasteiger partial charge in [0.2, 0.25) is 0 Å². The number of nitrogens with one attached hydrogen (secondary N) is 1. The Morgan fingerprint density at radius 3 is 2.69 bits per heavy atom. The van der Waals surface area contributed by atoms with Crippen molar-refractivity contribution in [3.8, 4) is 11.3 Å². The third kappa shape index (κ3) is 3.67. The van der Waals surface area contributed by atoms with E-state index in [-0.39, 0.29) is 5.91 Å². The van der Waals surface area contributed by atoms with Gasteiger partial charge in [0.05, 0.1) is 11.2 Å². The number of carbonyl (C=O) groups is 1. The Bertz CT molecular complexity index is 1190. The van der Waals surface area contributed by atoms with Gasteiger partial charge in [0.25, 0.3) is 5.91 Å². The molecule has 3 heterocycles. The molecule has 1 fully saturated rings. The van der Waals surface area contributed by atoms with Crippen molar-refractivity contribution >= 4 is 40.1 Å². The summed E-state index contributed by atoms with van der Waals surface area (Å²) in [5, 5.41) is 3.99. The second-order valence-corrected chi connectivity index (χ2v) is 7.89. The van der Waals surface area contributed by atoms with E-state index in [1.54, 1.807) is 24.3 Å². The first kappa shape index (κ1) is 17.7. The molecule has 29 heavy (non-hydrogen) atoms. The fourth-order valence-corrected chi connectivity index (χ4v) is 3.89. The zero-order chi connectivity index (χ0) is 19.6. The smallest absolute Gasteiger partial charge is 0.255 e. The number of hydrogen-bond donors (Lipinski definition) is 1. The van der Waals surface area contributed by atoms with E-state index in [4.69, 9.17) is 4.98 Å². The Labute approximate surface area is 172 Å². The summed E-state index contributed by atoms with van der Waals surface area (Å²) < 4.78 is 2.22. The fraction of sp³-hybridized carbons (Fsp3) is 0.0870. The molecule has 0 spiro atoms. The highest BCUT2D eigenvalue weighted by atomic mass is 32.2. The third-order valence-corrected chi connectivity index (χ3v) is 5.93. The molecule has 1 amide bonds. The van der Waals surface area contributed by atoms with Gasteiger partial charge in [-0.1, -0.05) is 12.1 Å². The topological polar surface area (TPSA) is 58.1 Å². The van der Waals surface area contributed by atoms with E-state index in [1.165, 1.54) is 0 Å². The lowest BCUT2D eigenvalue weighted by Gasteiger charge is -2.31. The molecule has 0 aliphatic carbocycles. The van der Waals surface area contributed by atoms with E-state index >= 15 is 0 Å². The van der Waals surface area contributed by atoms with Crippen LogP contribution in [0.4, 0.5) is 11.4 Å². The minimum atomic E-state index is -0.123. The molecular formula is C23H18N4OS. The summed E-state index contributed by atoms with van der Waals surface area (Å²) in [4.78, 5) is 21.5. The third-order valence-electron chi connectivity index (χ3n) is 4.86. The summed E-state index contributed by atoms with van der Waals surface area (Å²) in [6.07, 6.45) is 3.54. The van der Waals surface area contributed by atoms with Crippen molar-refractivity contribution in [2.24, 2.45) is 0 Å². The van der Waals surface area contributed by atoms with E-state index in [1.807, 2.05) is 66.7 Å². The first-order valence-electron chi connectivity index (χ1n) is 9.39. The second-order valence-electron chi connectivity index (χ2n) is 6.78. The molecule has 0 bridgehead atoms. The van der Waals surface area contributed by atoms with Crippen LogP contribution in [0.3, 0.4) is 0 Å². The maximum absolute atomic E-state index is 12.6. The Balaban J connectivity index is 1.35. The molecule has 5 nitrogen and oxygen atoms in total. The summed E-state index contributed by atoms with van der Waals surface area (Å²) in [6, 6.07) is 21.3. The predicted molar refractivity (Wildman–Crippen MR) is 119 cm³/mol. The van der Waals surface area contributed by atoms with Gasteiger partial charge in [-0.2, -0.15) is 0 Å². The van der Waals surface area contributed by atoms with Gasteiger partial charge in [-0.15, -0.1) is 0 Å². The minimum Gasteiger partial charge on any atom is -0.322 e. The van der Waals surface area contributed by atoms with Crippen molar-refractivity contribution in [3.05, 3.63) is 84.7 Å². The Kier molecular flexibility index (Phi) is 4.62. The molecule has 4 aromatic rings. The average molecular weight is 398 g/mol. The molecule has 5 rings (SSSR count). The quantitative estimate of drug-likeness (QED) is 0.489. The molecule has 0 radical (unpaired) electrons. The lowest BCUT2D eigenvalue weighted by Crippen LogP contribution is -2.28. The van der Waals surface area contributed by atoms with Gasteiger partial charge in [-0.25, -0.2) is 4.98 Å². The summed E-state index contributed by atoms with van der Waals surface area (Å²) >= 11 is 1.80. The monoisotopic (exact) mass is 398 g/mol. The number of aromatic nitrogens is 2. The molecule has 1 aliphatic heterocycles. The number of rotatable bonds is 4. The number of anilines is 2. The minimum absolute atomic E-state index is 0.123. The van der Waals surface area contributed by atoms with Crippen molar-refractivity contribution in [2.75, 3.05) is 21.9 Å². The molecular weight excluding hydrogens is 380 g/mol. The van der Waals surface area contributed by atoms with Gasteiger partial charge < -0.3 is 9.62 Å². The average Bonchev–Trinajstić information content (AvgIpc) is 2.73. The summed E-state index contributed by atoms with van der Waals surface area (Å²) in [6.45, 7) is 1.06. The lowest BCUT2D eigenvalue weighted by atomic mass is 10.1. The van der Waals surface area contributed by atoms with Gasteiger partial charge in [0, 0.05) is 52.6 Å². The van der Waals surface area contributed by atoms with Gasteiger partial charge in [0.15, 0.2) is 0 Å². The Hall–Kier alpha value is -3.38. The van der Waals surface area contributed by atoms with Crippen LogP contribution in [0, 0.1) is 0 Å². The molecule has 1 aliphatic rings. The van der Waals surface area contributed by atoms with Crippen LogP contribution in [0.5, 0.6) is 0 Å². The molecule has 0 saturated carbocycles. The van der Waals surface area contributed by atoms with Gasteiger partial charge in [0.1, 0.15) is 0 Å². The SMILES string of the molecule is O=C(Nc1cccc(-c2ccc3cnccc3n2)c1)c1ccc(N2CCS2)cc1. The molecule has 2 aromatic heterocycles. The standard InChI is InChI=1S/C23H18N4OS/c28-23(16-4-7-20(8-5-16)27-12-13-29-27)25-19-3-1-2-17(14-19)21-9-6-18-15-24-11-10-22(18)26-21/h1-11,14-15H,12-13H2,(H,25,28). The van der Waals surface area contributed by atoms with Crippen molar-refractivity contribution in [2.45, 2.75) is 0 Å². The molecule has 1 saturated heterocycles. The molecule has 1 N–H and O–H groups in total. The number of nitrogens with zero attached hydrogens (tertiary/aromatic N) is 3. The van der Waals surface area contributed by atoms with Gasteiger partial charge >= 0.3 is 0 Å². The second kappa shape index (κ2) is 7.56. The highest BCUT2D eigenvalue weighted by molar-refractivity contribution is 8.02. The molecule has 0 atom stereocenters. The van der Waals surface area contributed by atoms with Crippen molar-refractivity contribution in [1.29, 1.82) is 0 Å². The van der Waals surface area contributed by atoms with E-state index in [9.17, 15) is 4.79 Å². The maximum Gasteiger partial charge on any atom is 0.255 e. The number of fused-ring (bicyclic) bond motifs is 1. The van der Waals surface area contributed by atoms with Crippen LogP contribution < -0.4 is 9.62 Å². The van der Waals surface area contributed by atoms with Crippen LogP contribution in [0.25, 0.3) is 22.2 Å². The van der Waals surface area contributed by atoms with Crippen LogP contribution in [0.15, 0.2) is 79.1 Å². The number of amides is 1. The Morgan fingerprint density at radius 2 is 1.90 bits per heavy atom. The molecule has 142 valence electrons. The largest absolute Gasteiger partial charge is 0.322 e. The fourth-order valence-electron chi connectivity index (χ4n) is 3.25. The van der Waals surface area contributed by atoms with Crippen molar-refractivity contribution < 1.29 is 4.79 Å². The summed E-state index contributed by atoms with van der Waals surface area (Å²) in [5.41, 5.74) is 5.22. The van der Waals surface area contributed by atoms with Gasteiger partial charge in [-0.3, -0.25) is 9.78 Å². The first-order valence-corrected chi connectivity index (χ1v) is 10.3. The Morgan fingerprint density at radius 1 is 1.03 bits per heavy atom. The summed E-state index contributed by atoms with van der Waals surface area (Å²) in [7, 11) is 0. The highest BCUT2D eigenvalue weighted by Gasteiger charge is 2.16. The zero-order valence-electron chi connectivity index (χ0n) is 15.6. The van der Waals surface area contributed by atoms with Crippen molar-refractivity contribution in [1.82, 2.24) is 9.97 Å². The maximum atomic E-state index is 12.6. The lowest BCUT2D eigenvalue weighted by molar-refractivity contribution is 0.102. The van der Waals surface area contributed by atoms with E-state index in [0.717, 1.165) is 45.8 Å². The molecule has 6 heteroatoms. The predicted octanol–water partition coefficient (Wildman–Crippen LogP) is 5.02.